The molecule has 1 heterocycles. The van der Waals surface area contributed by atoms with Crippen molar-refractivity contribution in [3.05, 3.63) is 113 Å². The number of hydrogen-bond acceptors (Lipinski definition) is 6. The summed E-state index contributed by atoms with van der Waals surface area (Å²) >= 11 is 0. The predicted octanol–water partition coefficient (Wildman–Crippen LogP) is 5.66. The van der Waals surface area contributed by atoms with Gasteiger partial charge in [0.15, 0.2) is 0 Å². The minimum absolute atomic E-state index is 0.00687. The van der Waals surface area contributed by atoms with E-state index >= 15 is 0 Å². The molecule has 1 aliphatic rings. The second-order valence-corrected chi connectivity index (χ2v) is 8.45. The van der Waals surface area contributed by atoms with E-state index in [1.54, 1.807) is 31.2 Å². The molecule has 2 amide bonds. The molecule has 0 fully saturated rings. The van der Waals surface area contributed by atoms with Gasteiger partial charge in [-0.15, -0.1) is 0 Å². The largest absolute Gasteiger partial charge is 0.492 e. The third-order valence-corrected chi connectivity index (χ3v) is 6.08. The van der Waals surface area contributed by atoms with Crippen molar-refractivity contribution >= 4 is 29.4 Å². The first-order valence-corrected chi connectivity index (χ1v) is 11.8. The highest BCUT2D eigenvalue weighted by Crippen LogP contribution is 2.36. The van der Waals surface area contributed by atoms with E-state index in [0.29, 0.717) is 11.3 Å². The summed E-state index contributed by atoms with van der Waals surface area (Å²) in [6.45, 7) is 2.05. The number of carbonyl (C=O) groups is 3. The number of benzene rings is 4. The first kappa shape index (κ1) is 24.5. The highest BCUT2D eigenvalue weighted by Gasteiger charge is 2.39. The standard InChI is InChI=1S/C30H22N2O6/c1-2-37-26-15-11-20(27(31)38-22-12-8-19(9-13-22)18-6-4-3-5-7-18)17-25(26)32-28(33)23-14-10-21(30(35)36)16-24(23)29(32)34/h3-17,31H,2H2,1H3,(H,35,36). The van der Waals surface area contributed by atoms with Gasteiger partial charge in [0.1, 0.15) is 11.5 Å². The van der Waals surface area contributed by atoms with Crippen LogP contribution in [0.1, 0.15) is 43.6 Å². The number of nitrogens with zero attached hydrogens (tertiary/aromatic N) is 1. The first-order valence-electron chi connectivity index (χ1n) is 11.8. The van der Waals surface area contributed by atoms with Gasteiger partial charge < -0.3 is 14.6 Å². The molecule has 0 saturated carbocycles. The lowest BCUT2D eigenvalue weighted by Gasteiger charge is -2.19. The monoisotopic (exact) mass is 506 g/mol. The topological polar surface area (TPSA) is 117 Å². The van der Waals surface area contributed by atoms with Crippen molar-refractivity contribution in [1.82, 2.24) is 0 Å². The number of nitrogens with one attached hydrogen (secondary N) is 1. The molecule has 0 spiro atoms. The molecule has 4 aromatic rings. The summed E-state index contributed by atoms with van der Waals surface area (Å²) in [5.41, 5.74) is 2.51. The van der Waals surface area contributed by atoms with E-state index in [1.807, 2.05) is 42.5 Å². The molecule has 0 saturated heterocycles. The highest BCUT2D eigenvalue weighted by molar-refractivity contribution is 6.35. The Labute approximate surface area is 218 Å². The molecule has 8 heteroatoms. The van der Waals surface area contributed by atoms with Crippen LogP contribution in [0.2, 0.25) is 0 Å². The Kier molecular flexibility index (Phi) is 6.45. The number of amides is 2. The molecule has 0 aliphatic carbocycles. The maximum absolute atomic E-state index is 13.2. The van der Waals surface area contributed by atoms with Crippen LogP contribution in [-0.4, -0.2) is 35.4 Å². The molecule has 4 aromatic carbocycles. The van der Waals surface area contributed by atoms with Crippen molar-refractivity contribution in [3.8, 4) is 22.6 Å². The van der Waals surface area contributed by atoms with Crippen LogP contribution < -0.4 is 14.4 Å². The SMILES string of the molecule is CCOc1ccc(C(=N)Oc2ccc(-c3ccccc3)cc2)cc1N1C(=O)c2ccc(C(=O)O)cc2C1=O. The average molecular weight is 507 g/mol. The van der Waals surface area contributed by atoms with Gasteiger partial charge in [-0.05, 0) is 66.6 Å². The van der Waals surface area contributed by atoms with E-state index in [4.69, 9.17) is 14.9 Å². The molecule has 0 bridgehead atoms. The molecule has 2 N–H and O–H groups in total. The predicted molar refractivity (Wildman–Crippen MR) is 141 cm³/mol. The van der Waals surface area contributed by atoms with Crippen LogP contribution in [0.15, 0.2) is 91.0 Å². The molecule has 5 rings (SSSR count). The van der Waals surface area contributed by atoms with Crippen LogP contribution >= 0.6 is 0 Å². The number of rotatable bonds is 7. The number of imide groups is 1. The highest BCUT2D eigenvalue weighted by atomic mass is 16.5. The van der Waals surface area contributed by atoms with Gasteiger partial charge >= 0.3 is 5.97 Å². The summed E-state index contributed by atoms with van der Waals surface area (Å²) in [6, 6.07) is 25.6. The van der Waals surface area contributed by atoms with E-state index < -0.39 is 17.8 Å². The zero-order chi connectivity index (χ0) is 26.8. The van der Waals surface area contributed by atoms with Crippen LogP contribution in [0.3, 0.4) is 0 Å². The van der Waals surface area contributed by atoms with Crippen LogP contribution in [-0.2, 0) is 0 Å². The lowest BCUT2D eigenvalue weighted by atomic mass is 10.1. The molecule has 0 aromatic heterocycles. The van der Waals surface area contributed by atoms with Gasteiger partial charge in [0.25, 0.3) is 11.8 Å². The maximum Gasteiger partial charge on any atom is 0.335 e. The van der Waals surface area contributed by atoms with Crippen LogP contribution in [0, 0.1) is 5.41 Å². The molecule has 1 aliphatic heterocycles. The molecule has 188 valence electrons. The molecule has 8 nitrogen and oxygen atoms in total. The number of carboxylic acids is 1. The number of anilines is 1. The lowest BCUT2D eigenvalue weighted by Crippen LogP contribution is -2.30. The Morgan fingerprint density at radius 1 is 0.816 bits per heavy atom. The van der Waals surface area contributed by atoms with Gasteiger partial charge in [-0.3, -0.25) is 15.0 Å². The summed E-state index contributed by atoms with van der Waals surface area (Å²) in [4.78, 5) is 38.7. The minimum Gasteiger partial charge on any atom is -0.492 e. The Bertz CT molecular complexity index is 1580. The average Bonchev–Trinajstić information content (AvgIpc) is 3.18. The van der Waals surface area contributed by atoms with Crippen molar-refractivity contribution in [3.63, 3.8) is 0 Å². The minimum atomic E-state index is -1.20. The van der Waals surface area contributed by atoms with E-state index in [0.717, 1.165) is 16.0 Å². The summed E-state index contributed by atoms with van der Waals surface area (Å²) in [6.07, 6.45) is 0. The van der Waals surface area contributed by atoms with Gasteiger partial charge in [-0.25, -0.2) is 9.69 Å². The van der Waals surface area contributed by atoms with Gasteiger partial charge in [0, 0.05) is 5.56 Å². The Morgan fingerprint density at radius 3 is 2.16 bits per heavy atom. The zero-order valence-electron chi connectivity index (χ0n) is 20.3. The molecule has 38 heavy (non-hydrogen) atoms. The Balaban J connectivity index is 1.43. The summed E-state index contributed by atoms with van der Waals surface area (Å²) in [5, 5.41) is 17.8. The van der Waals surface area contributed by atoms with Gasteiger partial charge in [-0.1, -0.05) is 42.5 Å². The van der Waals surface area contributed by atoms with E-state index in [-0.39, 0.29) is 40.6 Å². The van der Waals surface area contributed by atoms with Crippen molar-refractivity contribution in [2.45, 2.75) is 6.92 Å². The van der Waals surface area contributed by atoms with Crippen molar-refractivity contribution in [2.75, 3.05) is 11.5 Å². The lowest BCUT2D eigenvalue weighted by molar-refractivity contribution is 0.0696. The first-order chi connectivity index (χ1) is 18.4. The normalized spacial score (nSPS) is 12.3. The molecule has 0 atom stereocenters. The van der Waals surface area contributed by atoms with Crippen LogP contribution in [0.4, 0.5) is 5.69 Å². The van der Waals surface area contributed by atoms with Crippen molar-refractivity contribution in [2.24, 2.45) is 0 Å². The second-order valence-electron chi connectivity index (χ2n) is 8.45. The maximum atomic E-state index is 13.2. The fraction of sp³-hybridized carbons (Fsp3) is 0.0667. The number of hydrogen-bond donors (Lipinski definition) is 2. The fourth-order valence-electron chi connectivity index (χ4n) is 4.23. The molecular weight excluding hydrogens is 484 g/mol. The summed E-state index contributed by atoms with van der Waals surface area (Å²) < 4.78 is 11.4. The third-order valence-electron chi connectivity index (χ3n) is 6.08. The van der Waals surface area contributed by atoms with Gasteiger partial charge in [0.05, 0.1) is 29.0 Å². The number of fused-ring (bicyclic) bond motifs is 1. The van der Waals surface area contributed by atoms with E-state index in [2.05, 4.69) is 0 Å². The number of carbonyl (C=O) groups excluding carboxylic acids is 2. The van der Waals surface area contributed by atoms with E-state index in [9.17, 15) is 19.5 Å². The van der Waals surface area contributed by atoms with Crippen LogP contribution in [0.25, 0.3) is 11.1 Å². The van der Waals surface area contributed by atoms with Crippen molar-refractivity contribution < 1.29 is 29.0 Å². The van der Waals surface area contributed by atoms with E-state index in [1.165, 1.54) is 24.3 Å². The fourth-order valence-corrected chi connectivity index (χ4v) is 4.23. The van der Waals surface area contributed by atoms with Gasteiger partial charge in [-0.2, -0.15) is 0 Å². The number of carboxylic acid groups (broad SMARTS) is 1. The Hall–Kier alpha value is -5.24. The summed E-state index contributed by atoms with van der Waals surface area (Å²) in [5.74, 6) is -1.95. The third kappa shape index (κ3) is 4.51. The quantitative estimate of drug-likeness (QED) is 0.190. The molecule has 0 radical (unpaired) electrons. The number of aromatic carboxylic acids is 1. The second kappa shape index (κ2) is 10.0. The summed E-state index contributed by atoms with van der Waals surface area (Å²) in [7, 11) is 0. The van der Waals surface area contributed by atoms with Crippen molar-refractivity contribution in [1.29, 1.82) is 5.41 Å². The molecule has 0 unspecified atom stereocenters. The Morgan fingerprint density at radius 2 is 1.47 bits per heavy atom. The van der Waals surface area contributed by atoms with Crippen LogP contribution in [0.5, 0.6) is 11.5 Å². The number of ether oxygens (including phenoxy) is 2. The smallest absolute Gasteiger partial charge is 0.335 e. The van der Waals surface area contributed by atoms with Gasteiger partial charge in [0.2, 0.25) is 5.90 Å². The zero-order valence-corrected chi connectivity index (χ0v) is 20.3. The molecular formula is C30H22N2O6.